The molecule has 4 fully saturated rings. The zero-order valence-corrected chi connectivity index (χ0v) is 19.0. The van der Waals surface area contributed by atoms with E-state index in [2.05, 4.69) is 28.9 Å². The van der Waals surface area contributed by atoms with Gasteiger partial charge in [-0.2, -0.15) is 0 Å². The van der Waals surface area contributed by atoms with Crippen LogP contribution in [0.15, 0.2) is 11.2 Å². The monoisotopic (exact) mass is 431 g/mol. The smallest absolute Gasteiger partial charge is 0.151 e. The Morgan fingerprint density at radius 1 is 1.13 bits per heavy atom. The van der Waals surface area contributed by atoms with Gasteiger partial charge in [-0.3, -0.25) is 16.1 Å². The maximum Gasteiger partial charge on any atom is 0.151 e. The van der Waals surface area contributed by atoms with Crippen LogP contribution < -0.4 is 22.6 Å². The van der Waals surface area contributed by atoms with Crippen LogP contribution in [-0.2, 0) is 9.53 Å². The summed E-state index contributed by atoms with van der Waals surface area (Å²) in [6, 6.07) is 0. The first-order valence-electron chi connectivity index (χ1n) is 12.3. The van der Waals surface area contributed by atoms with Gasteiger partial charge in [0.2, 0.25) is 0 Å². The number of fused-ring (bicyclic) bond motifs is 5. The molecular weight excluding hydrogens is 390 g/mol. The second-order valence-electron chi connectivity index (χ2n) is 10.7. The predicted octanol–water partition coefficient (Wildman–Crippen LogP) is 2.52. The fraction of sp³-hybridized carbons (Fsp3) is 0.875. The highest BCUT2D eigenvalue weighted by molar-refractivity contribution is 5.84. The summed E-state index contributed by atoms with van der Waals surface area (Å²) in [4.78, 5) is 12.7. The van der Waals surface area contributed by atoms with E-state index < -0.39 is 0 Å². The third kappa shape index (κ3) is 4.62. The number of hydrogen-bond donors (Lipinski definition) is 4. The zero-order valence-electron chi connectivity index (χ0n) is 19.0. The molecule has 0 radical (unpaired) electrons. The van der Waals surface area contributed by atoms with Crippen LogP contribution in [0.5, 0.6) is 0 Å². The maximum atomic E-state index is 12.7. The number of hydrazone groups is 1. The number of carbonyl (C=O) groups excluding carboxylic acids is 1. The van der Waals surface area contributed by atoms with E-state index in [9.17, 15) is 4.79 Å². The van der Waals surface area contributed by atoms with Crippen molar-refractivity contribution in [3.05, 3.63) is 6.08 Å². The van der Waals surface area contributed by atoms with Crippen LogP contribution in [0.1, 0.15) is 64.7 Å². The van der Waals surface area contributed by atoms with E-state index in [1.165, 1.54) is 51.4 Å². The molecule has 0 spiro atoms. The fourth-order valence-corrected chi connectivity index (χ4v) is 8.27. The van der Waals surface area contributed by atoms with Crippen molar-refractivity contribution >= 4 is 11.7 Å². The van der Waals surface area contributed by atoms with Crippen molar-refractivity contribution in [2.75, 3.05) is 19.8 Å². The molecule has 174 valence electrons. The van der Waals surface area contributed by atoms with Crippen LogP contribution in [0.25, 0.3) is 0 Å². The number of hydrazine groups is 2. The molecule has 31 heavy (non-hydrogen) atoms. The van der Waals surface area contributed by atoms with Crippen molar-refractivity contribution in [3.63, 3.8) is 0 Å². The fourth-order valence-electron chi connectivity index (χ4n) is 8.27. The maximum absolute atomic E-state index is 12.7. The Balaban J connectivity index is 1.32. The van der Waals surface area contributed by atoms with Gasteiger partial charge in [0.05, 0.1) is 13.2 Å². The average Bonchev–Trinajstić information content (AvgIpc) is 3.13. The lowest BCUT2D eigenvalue weighted by molar-refractivity contribution is -0.129. The Labute approximate surface area is 186 Å². The van der Waals surface area contributed by atoms with Gasteiger partial charge in [0.15, 0.2) is 5.78 Å². The molecule has 8 atom stereocenters. The third-order valence-electron chi connectivity index (χ3n) is 9.50. The number of carbonyl (C=O) groups is 1. The van der Waals surface area contributed by atoms with Gasteiger partial charge in [-0.05, 0) is 98.7 Å². The summed E-state index contributed by atoms with van der Waals surface area (Å²) in [5.74, 6) is 18.7. The first-order valence-corrected chi connectivity index (χ1v) is 12.3. The van der Waals surface area contributed by atoms with Gasteiger partial charge in [0.1, 0.15) is 0 Å². The first-order chi connectivity index (χ1) is 15.1. The molecule has 4 aliphatic rings. The molecule has 8 unspecified atom stereocenters. The summed E-state index contributed by atoms with van der Waals surface area (Å²) in [7, 11) is 0. The molecule has 0 saturated heterocycles. The van der Waals surface area contributed by atoms with Gasteiger partial charge < -0.3 is 4.74 Å². The van der Waals surface area contributed by atoms with E-state index in [-0.39, 0.29) is 11.3 Å². The Morgan fingerprint density at radius 3 is 2.77 bits per heavy atom. The number of ether oxygens (including phenoxy) is 1. The number of hydrogen-bond acceptors (Lipinski definition) is 7. The summed E-state index contributed by atoms with van der Waals surface area (Å²) in [6.45, 7) is 4.12. The lowest BCUT2D eigenvalue weighted by atomic mass is 9.49. The van der Waals surface area contributed by atoms with Crippen molar-refractivity contribution in [1.29, 1.82) is 0 Å². The van der Waals surface area contributed by atoms with Gasteiger partial charge in [-0.25, -0.2) is 11.4 Å². The zero-order chi connectivity index (χ0) is 21.8. The van der Waals surface area contributed by atoms with Gasteiger partial charge >= 0.3 is 0 Å². The third-order valence-corrected chi connectivity index (χ3v) is 9.50. The molecule has 0 aromatic heterocycles. The number of ketones is 1. The Kier molecular flexibility index (Phi) is 7.50. The number of Topliss-reactive ketones (excluding diaryl/α,β-unsaturated/α-hetero) is 1. The highest BCUT2D eigenvalue weighted by Crippen LogP contribution is 2.64. The van der Waals surface area contributed by atoms with Crippen LogP contribution in [0, 0.1) is 46.8 Å². The second-order valence-corrected chi connectivity index (χ2v) is 10.7. The van der Waals surface area contributed by atoms with Crippen LogP contribution >= 0.6 is 0 Å². The summed E-state index contributed by atoms with van der Waals surface area (Å²) >= 11 is 0. The predicted molar refractivity (Wildman–Crippen MR) is 121 cm³/mol. The van der Waals surface area contributed by atoms with E-state index in [0.717, 1.165) is 42.6 Å². The van der Waals surface area contributed by atoms with E-state index in [1.54, 1.807) is 6.08 Å². The summed E-state index contributed by atoms with van der Waals surface area (Å²) < 4.78 is 5.84. The van der Waals surface area contributed by atoms with Crippen molar-refractivity contribution in [2.24, 2.45) is 63.6 Å². The first kappa shape index (κ1) is 22.9. The summed E-state index contributed by atoms with van der Waals surface area (Å²) in [6.07, 6.45) is 13.3. The van der Waals surface area contributed by atoms with Crippen LogP contribution in [0.3, 0.4) is 0 Å². The topological polar surface area (TPSA) is 115 Å². The van der Waals surface area contributed by atoms with Gasteiger partial charge in [0.25, 0.3) is 0 Å². The van der Waals surface area contributed by atoms with Crippen molar-refractivity contribution in [3.8, 4) is 0 Å². The molecule has 0 heterocycles. The molecule has 0 aliphatic heterocycles. The minimum Gasteiger partial charge on any atom is -0.376 e. The summed E-state index contributed by atoms with van der Waals surface area (Å²) in [5.41, 5.74) is 5.00. The van der Waals surface area contributed by atoms with Crippen LogP contribution in [0.4, 0.5) is 0 Å². The van der Waals surface area contributed by atoms with E-state index in [0.29, 0.717) is 24.9 Å². The largest absolute Gasteiger partial charge is 0.376 e. The van der Waals surface area contributed by atoms with Crippen molar-refractivity contribution < 1.29 is 9.53 Å². The molecule has 4 aliphatic carbocycles. The minimum atomic E-state index is 0.198. The van der Waals surface area contributed by atoms with E-state index >= 15 is 0 Å². The number of nitrogens with one attached hydrogen (secondary N) is 2. The van der Waals surface area contributed by atoms with Crippen LogP contribution in [-0.4, -0.2) is 31.4 Å². The SMILES string of the molecule is CC12CCC3C4CCC(COCC=C=NNN)CC4CCC3C1CCC2C(=O)CNN. The molecule has 4 rings (SSSR count). The van der Waals surface area contributed by atoms with Gasteiger partial charge in [0, 0.05) is 24.5 Å². The quantitative estimate of drug-likeness (QED) is 0.203. The standard InChI is InChI=1S/C24H41N5O2/c1-24-10-9-19-18-5-3-16(15-31-12-2-11-28-29-26)13-17(18)4-6-20(19)21(24)7-8-22(24)23(30)14-27-25/h2,16-22,27,29H,3-10,12-15,25-26H2,1H3. The van der Waals surface area contributed by atoms with Gasteiger partial charge in [-0.15, -0.1) is 5.10 Å². The lowest BCUT2D eigenvalue weighted by Crippen LogP contribution is -2.50. The molecule has 0 amide bonds. The van der Waals surface area contributed by atoms with E-state index in [1.807, 2.05) is 0 Å². The molecule has 7 nitrogen and oxygen atoms in total. The second kappa shape index (κ2) is 10.1. The van der Waals surface area contributed by atoms with Crippen molar-refractivity contribution in [2.45, 2.75) is 64.7 Å². The number of rotatable bonds is 8. The highest BCUT2D eigenvalue weighted by atomic mass is 16.5. The molecule has 6 N–H and O–H groups in total. The van der Waals surface area contributed by atoms with Gasteiger partial charge in [-0.1, -0.05) is 6.92 Å². The average molecular weight is 432 g/mol. The summed E-state index contributed by atoms with van der Waals surface area (Å²) in [5, 5.41) is 3.61. The molecule has 0 bridgehead atoms. The molecular formula is C24H41N5O2. The molecule has 4 saturated carbocycles. The Bertz CT molecular complexity index is 693. The highest BCUT2D eigenvalue weighted by Gasteiger charge is 2.58. The molecule has 0 aromatic rings. The lowest BCUT2D eigenvalue weighted by Gasteiger charge is -2.56. The van der Waals surface area contributed by atoms with E-state index in [4.69, 9.17) is 16.4 Å². The number of nitrogens with two attached hydrogens (primary N) is 2. The molecule has 0 aromatic carbocycles. The Morgan fingerprint density at radius 2 is 1.97 bits per heavy atom. The molecule has 7 heteroatoms. The van der Waals surface area contributed by atoms with Crippen molar-refractivity contribution in [1.82, 2.24) is 11.0 Å². The Hall–Kier alpha value is -1.24. The minimum absolute atomic E-state index is 0.198. The normalized spacial score (nSPS) is 41.3. The number of nitrogens with zero attached hydrogens (tertiary/aromatic N) is 1. The van der Waals surface area contributed by atoms with Crippen LogP contribution in [0.2, 0.25) is 0 Å².